The highest BCUT2D eigenvalue weighted by Gasteiger charge is 2.12. The molecule has 0 saturated heterocycles. The lowest BCUT2D eigenvalue weighted by atomic mass is 10.0. The predicted molar refractivity (Wildman–Crippen MR) is 138 cm³/mol. The zero-order valence-corrected chi connectivity index (χ0v) is 21.0. The van der Waals surface area contributed by atoms with E-state index < -0.39 is 0 Å². The molecule has 1 N–H and O–H groups in total. The first-order chi connectivity index (χ1) is 16.2. The quantitative estimate of drug-likeness (QED) is 0.343. The van der Waals surface area contributed by atoms with E-state index in [0.717, 1.165) is 16.9 Å². The Morgan fingerprint density at radius 3 is 2.74 bits per heavy atom. The van der Waals surface area contributed by atoms with Gasteiger partial charge in [-0.25, -0.2) is 4.98 Å². The summed E-state index contributed by atoms with van der Waals surface area (Å²) in [6.07, 6.45) is 7.44. The van der Waals surface area contributed by atoms with Crippen molar-refractivity contribution in [3.63, 3.8) is 0 Å². The average molecular weight is 481 g/mol. The van der Waals surface area contributed by atoms with Crippen LogP contribution in [0.25, 0.3) is 10.2 Å². The van der Waals surface area contributed by atoms with Gasteiger partial charge in [-0.2, -0.15) is 0 Å². The molecule has 2 amide bonds. The van der Waals surface area contributed by atoms with Gasteiger partial charge >= 0.3 is 0 Å². The normalized spacial score (nSPS) is 11.4. The SMILES string of the molecule is CC(C)Cc1cccc2nc(Cn3cccc(NC(=O)CCC/C=C/C(=O)N(C)C)c3=O)sc12. The van der Waals surface area contributed by atoms with E-state index in [-0.39, 0.29) is 29.5 Å². The van der Waals surface area contributed by atoms with Crippen LogP contribution in [0.2, 0.25) is 0 Å². The molecular formula is C26H32N4O3S. The van der Waals surface area contributed by atoms with Crippen LogP contribution < -0.4 is 10.9 Å². The number of allylic oxidation sites excluding steroid dienone is 1. The maximum absolute atomic E-state index is 12.9. The van der Waals surface area contributed by atoms with Crippen LogP contribution in [-0.2, 0) is 22.6 Å². The summed E-state index contributed by atoms with van der Waals surface area (Å²) in [6.45, 7) is 4.75. The molecule has 0 aliphatic rings. The zero-order chi connectivity index (χ0) is 24.7. The van der Waals surface area contributed by atoms with Gasteiger partial charge in [-0.15, -0.1) is 11.3 Å². The summed E-state index contributed by atoms with van der Waals surface area (Å²) in [5.74, 6) is 0.245. The van der Waals surface area contributed by atoms with E-state index in [0.29, 0.717) is 25.3 Å². The Kier molecular flexibility index (Phi) is 8.76. The van der Waals surface area contributed by atoms with Gasteiger partial charge in [0.25, 0.3) is 5.56 Å². The summed E-state index contributed by atoms with van der Waals surface area (Å²) in [6, 6.07) is 9.55. The van der Waals surface area contributed by atoms with Gasteiger partial charge in [0.05, 0.1) is 16.8 Å². The molecule has 8 heteroatoms. The molecule has 0 spiro atoms. The molecule has 3 aromatic rings. The summed E-state index contributed by atoms with van der Waals surface area (Å²) >= 11 is 1.62. The molecule has 0 fully saturated rings. The highest BCUT2D eigenvalue weighted by molar-refractivity contribution is 7.18. The van der Waals surface area contributed by atoms with Crippen molar-refractivity contribution in [1.82, 2.24) is 14.5 Å². The summed E-state index contributed by atoms with van der Waals surface area (Å²) in [7, 11) is 3.38. The average Bonchev–Trinajstić information content (AvgIpc) is 3.19. The Morgan fingerprint density at radius 1 is 1.21 bits per heavy atom. The van der Waals surface area contributed by atoms with Crippen LogP contribution in [-0.4, -0.2) is 40.4 Å². The number of thiazole rings is 1. The minimum atomic E-state index is -0.256. The maximum atomic E-state index is 12.9. The molecule has 1 aromatic carbocycles. The molecule has 0 unspecified atom stereocenters. The first kappa shape index (κ1) is 25.4. The lowest BCUT2D eigenvalue weighted by Crippen LogP contribution is -2.25. The number of hydrogen-bond donors (Lipinski definition) is 1. The maximum Gasteiger partial charge on any atom is 0.274 e. The fourth-order valence-electron chi connectivity index (χ4n) is 3.55. The number of anilines is 1. The monoisotopic (exact) mass is 480 g/mol. The second kappa shape index (κ2) is 11.7. The topological polar surface area (TPSA) is 84.3 Å². The fraction of sp³-hybridized carbons (Fsp3) is 0.385. The summed E-state index contributed by atoms with van der Waals surface area (Å²) in [5, 5.41) is 3.58. The number of pyridine rings is 1. The number of benzene rings is 1. The Bertz CT molecular complexity index is 1240. The number of likely N-dealkylation sites (N-methyl/N-ethyl adjacent to an activating group) is 1. The first-order valence-corrected chi connectivity index (χ1v) is 12.3. The van der Waals surface area contributed by atoms with Crippen molar-refractivity contribution in [2.75, 3.05) is 19.4 Å². The fourth-order valence-corrected chi connectivity index (χ4v) is 4.63. The Morgan fingerprint density at radius 2 is 2.00 bits per heavy atom. The number of carbonyl (C=O) groups is 2. The minimum absolute atomic E-state index is 0.0847. The highest BCUT2D eigenvalue weighted by atomic mass is 32.1. The van der Waals surface area contributed by atoms with Gasteiger partial charge in [0.2, 0.25) is 11.8 Å². The van der Waals surface area contributed by atoms with Gasteiger partial charge in [0.15, 0.2) is 0 Å². The summed E-state index contributed by atoms with van der Waals surface area (Å²) < 4.78 is 2.75. The van der Waals surface area contributed by atoms with E-state index in [1.807, 2.05) is 12.1 Å². The van der Waals surface area contributed by atoms with E-state index >= 15 is 0 Å². The molecular weight excluding hydrogens is 448 g/mol. The van der Waals surface area contributed by atoms with Gasteiger partial charge < -0.3 is 14.8 Å². The van der Waals surface area contributed by atoms with Crippen molar-refractivity contribution in [3.05, 3.63) is 69.6 Å². The third-order valence-electron chi connectivity index (χ3n) is 5.24. The number of rotatable bonds is 10. The van der Waals surface area contributed by atoms with Crippen molar-refractivity contribution in [2.45, 2.75) is 46.1 Å². The molecule has 7 nitrogen and oxygen atoms in total. The van der Waals surface area contributed by atoms with Crippen LogP contribution in [0.3, 0.4) is 0 Å². The second-order valence-electron chi connectivity index (χ2n) is 8.90. The van der Waals surface area contributed by atoms with E-state index in [2.05, 4.69) is 25.2 Å². The largest absolute Gasteiger partial charge is 0.345 e. The summed E-state index contributed by atoms with van der Waals surface area (Å²) in [5.41, 5.74) is 2.24. The summed E-state index contributed by atoms with van der Waals surface area (Å²) in [4.78, 5) is 43.0. The van der Waals surface area contributed by atoms with Gasteiger partial charge in [-0.1, -0.05) is 32.1 Å². The van der Waals surface area contributed by atoms with Crippen molar-refractivity contribution in [2.24, 2.45) is 5.92 Å². The second-order valence-corrected chi connectivity index (χ2v) is 9.98. The first-order valence-electron chi connectivity index (χ1n) is 11.5. The van der Waals surface area contributed by atoms with Gasteiger partial charge in [0.1, 0.15) is 10.7 Å². The van der Waals surface area contributed by atoms with E-state index in [9.17, 15) is 14.4 Å². The number of aromatic nitrogens is 2. The number of hydrogen-bond acceptors (Lipinski definition) is 5. The molecule has 2 aromatic heterocycles. The molecule has 3 rings (SSSR count). The van der Waals surface area contributed by atoms with Crippen LogP contribution in [0, 0.1) is 5.92 Å². The highest BCUT2D eigenvalue weighted by Crippen LogP contribution is 2.28. The smallest absolute Gasteiger partial charge is 0.274 e. The molecule has 2 heterocycles. The molecule has 34 heavy (non-hydrogen) atoms. The molecule has 0 saturated carbocycles. The molecule has 0 bridgehead atoms. The Labute approximate surface area is 204 Å². The van der Waals surface area contributed by atoms with E-state index in [1.54, 1.807) is 54.4 Å². The van der Waals surface area contributed by atoms with Crippen molar-refractivity contribution in [1.29, 1.82) is 0 Å². The lowest BCUT2D eigenvalue weighted by molar-refractivity contribution is -0.123. The van der Waals surface area contributed by atoms with Crippen LogP contribution in [0.5, 0.6) is 0 Å². The number of carbonyl (C=O) groups excluding carboxylic acids is 2. The number of fused-ring (bicyclic) bond motifs is 1. The van der Waals surface area contributed by atoms with Crippen LogP contribution >= 0.6 is 11.3 Å². The zero-order valence-electron chi connectivity index (χ0n) is 20.2. The van der Waals surface area contributed by atoms with Crippen LogP contribution in [0.15, 0.2) is 53.5 Å². The van der Waals surface area contributed by atoms with Crippen LogP contribution in [0.4, 0.5) is 5.69 Å². The molecule has 0 radical (unpaired) electrons. The van der Waals surface area contributed by atoms with Crippen molar-refractivity contribution >= 4 is 39.1 Å². The van der Waals surface area contributed by atoms with Crippen molar-refractivity contribution < 1.29 is 9.59 Å². The minimum Gasteiger partial charge on any atom is -0.345 e. The van der Waals surface area contributed by atoms with E-state index in [4.69, 9.17) is 4.98 Å². The molecule has 0 atom stereocenters. The predicted octanol–water partition coefficient (Wildman–Crippen LogP) is 4.46. The third-order valence-corrected chi connectivity index (χ3v) is 6.38. The number of amides is 2. The standard InChI is InChI=1S/C26H32N4O3S/c1-18(2)16-19-10-8-11-20-25(19)34-23(28-20)17-30-15-9-12-21(26(30)33)27-22(31)13-6-5-7-14-24(32)29(3)4/h7-12,14-15,18H,5-6,13,16-17H2,1-4H3,(H,27,31)/b14-7+. The Hall–Kier alpha value is -3.26. The molecule has 0 aliphatic carbocycles. The molecule has 0 aliphatic heterocycles. The van der Waals surface area contributed by atoms with Gasteiger partial charge in [-0.05, 0) is 55.0 Å². The third kappa shape index (κ3) is 6.87. The molecule has 180 valence electrons. The number of nitrogens with one attached hydrogen (secondary N) is 1. The Balaban J connectivity index is 1.63. The van der Waals surface area contributed by atoms with Crippen molar-refractivity contribution in [3.8, 4) is 0 Å². The van der Waals surface area contributed by atoms with E-state index in [1.165, 1.54) is 21.2 Å². The number of nitrogens with zero attached hydrogens (tertiary/aromatic N) is 3. The van der Waals surface area contributed by atoms with Gasteiger partial charge in [-0.3, -0.25) is 14.4 Å². The van der Waals surface area contributed by atoms with Crippen LogP contribution in [0.1, 0.15) is 43.7 Å². The van der Waals surface area contributed by atoms with Gasteiger partial charge in [0, 0.05) is 26.7 Å². The number of unbranched alkanes of at least 4 members (excludes halogenated alkanes) is 1. The lowest BCUT2D eigenvalue weighted by Gasteiger charge is -2.08.